The topological polar surface area (TPSA) is 64.1 Å². The number of hydrogen-bond acceptors (Lipinski definition) is 4. The number of aromatic nitrogens is 2. The van der Waals surface area contributed by atoms with Gasteiger partial charge in [-0.25, -0.2) is 9.97 Å². The summed E-state index contributed by atoms with van der Waals surface area (Å²) in [6.07, 6.45) is 4.83. The van der Waals surface area contributed by atoms with E-state index < -0.39 is 0 Å². The molecule has 2 aromatic carbocycles. The molecule has 0 bridgehead atoms. The summed E-state index contributed by atoms with van der Waals surface area (Å²) in [5.41, 5.74) is 4.29. The third-order valence-corrected chi connectivity index (χ3v) is 4.78. The van der Waals surface area contributed by atoms with Gasteiger partial charge in [-0.1, -0.05) is 22.0 Å². The van der Waals surface area contributed by atoms with Crippen LogP contribution in [0.25, 0.3) is 10.9 Å². The highest BCUT2D eigenvalue weighted by Crippen LogP contribution is 2.26. The quantitative estimate of drug-likeness (QED) is 0.724. The van der Waals surface area contributed by atoms with Crippen LogP contribution in [0, 0.1) is 0 Å². The predicted molar refractivity (Wildman–Crippen MR) is 99.8 cm³/mol. The number of amides is 1. The summed E-state index contributed by atoms with van der Waals surface area (Å²) < 4.78 is 6.52. The van der Waals surface area contributed by atoms with Gasteiger partial charge in [0.25, 0.3) is 5.91 Å². The standard InChI is InChI=1S/C19H16BrN3O2/c20-14-5-7-17-16(9-14)19(22-11-21-17)25-10-18(24)23-15-6-4-12-2-1-3-13(12)8-15/h4-9,11H,1-3,10H2,(H,23,24). The van der Waals surface area contributed by atoms with E-state index in [1.54, 1.807) is 0 Å². The summed E-state index contributed by atoms with van der Waals surface area (Å²) in [5.74, 6) is 0.190. The molecule has 1 N–H and O–H groups in total. The zero-order valence-corrected chi connectivity index (χ0v) is 15.0. The minimum atomic E-state index is -0.209. The van der Waals surface area contributed by atoms with Crippen molar-refractivity contribution in [3.05, 3.63) is 58.3 Å². The molecule has 0 radical (unpaired) electrons. The largest absolute Gasteiger partial charge is 0.467 e. The molecule has 0 atom stereocenters. The maximum Gasteiger partial charge on any atom is 0.262 e. The van der Waals surface area contributed by atoms with Crippen LogP contribution in [0.3, 0.4) is 0 Å². The zero-order chi connectivity index (χ0) is 17.2. The first kappa shape index (κ1) is 16.0. The summed E-state index contributed by atoms with van der Waals surface area (Å²) >= 11 is 3.42. The summed E-state index contributed by atoms with van der Waals surface area (Å²) in [6, 6.07) is 11.7. The van der Waals surface area contributed by atoms with E-state index in [0.717, 1.165) is 33.9 Å². The van der Waals surface area contributed by atoms with Gasteiger partial charge in [0.05, 0.1) is 10.9 Å². The number of carbonyl (C=O) groups is 1. The van der Waals surface area contributed by atoms with Crippen molar-refractivity contribution in [2.75, 3.05) is 11.9 Å². The Morgan fingerprint density at radius 2 is 2.00 bits per heavy atom. The highest BCUT2D eigenvalue weighted by molar-refractivity contribution is 9.10. The van der Waals surface area contributed by atoms with Gasteiger partial charge in [-0.3, -0.25) is 4.79 Å². The second-order valence-electron chi connectivity index (χ2n) is 6.01. The number of ether oxygens (including phenoxy) is 1. The van der Waals surface area contributed by atoms with Crippen LogP contribution in [0.4, 0.5) is 5.69 Å². The second-order valence-corrected chi connectivity index (χ2v) is 6.93. The molecule has 1 aliphatic carbocycles. The van der Waals surface area contributed by atoms with Gasteiger partial charge in [-0.15, -0.1) is 0 Å². The molecular weight excluding hydrogens is 382 g/mol. The smallest absolute Gasteiger partial charge is 0.262 e. The molecule has 0 aliphatic heterocycles. The first-order chi connectivity index (χ1) is 12.2. The molecular formula is C19H16BrN3O2. The van der Waals surface area contributed by atoms with E-state index in [1.807, 2.05) is 24.3 Å². The molecule has 6 heteroatoms. The normalized spacial score (nSPS) is 12.8. The maximum absolute atomic E-state index is 12.2. The van der Waals surface area contributed by atoms with Crippen LogP contribution in [-0.2, 0) is 17.6 Å². The third-order valence-electron chi connectivity index (χ3n) is 4.28. The van der Waals surface area contributed by atoms with Crippen LogP contribution in [0.2, 0.25) is 0 Å². The van der Waals surface area contributed by atoms with Crippen LogP contribution in [0.15, 0.2) is 47.2 Å². The number of aryl methyl sites for hydroxylation is 2. The lowest BCUT2D eigenvalue weighted by molar-refractivity contribution is -0.118. The number of benzene rings is 2. The molecule has 0 fully saturated rings. The average Bonchev–Trinajstić information content (AvgIpc) is 3.07. The lowest BCUT2D eigenvalue weighted by Gasteiger charge is -2.10. The Morgan fingerprint density at radius 1 is 1.12 bits per heavy atom. The molecule has 1 aliphatic rings. The van der Waals surface area contributed by atoms with Gasteiger partial charge < -0.3 is 10.1 Å². The van der Waals surface area contributed by atoms with Crippen molar-refractivity contribution < 1.29 is 9.53 Å². The van der Waals surface area contributed by atoms with Crippen LogP contribution >= 0.6 is 15.9 Å². The van der Waals surface area contributed by atoms with Crippen LogP contribution < -0.4 is 10.1 Å². The van der Waals surface area contributed by atoms with Crippen molar-refractivity contribution in [2.45, 2.75) is 19.3 Å². The molecule has 0 spiro atoms. The van der Waals surface area contributed by atoms with Crippen molar-refractivity contribution in [3.63, 3.8) is 0 Å². The van der Waals surface area contributed by atoms with Crippen molar-refractivity contribution in [1.82, 2.24) is 9.97 Å². The average molecular weight is 398 g/mol. The van der Waals surface area contributed by atoms with E-state index in [0.29, 0.717) is 5.88 Å². The number of halogens is 1. The Morgan fingerprint density at radius 3 is 2.92 bits per heavy atom. The van der Waals surface area contributed by atoms with E-state index in [9.17, 15) is 4.79 Å². The van der Waals surface area contributed by atoms with Gasteiger partial charge in [-0.2, -0.15) is 0 Å². The molecule has 25 heavy (non-hydrogen) atoms. The number of nitrogens with one attached hydrogen (secondary N) is 1. The lowest BCUT2D eigenvalue weighted by Crippen LogP contribution is -2.20. The Hall–Kier alpha value is -2.47. The molecule has 126 valence electrons. The maximum atomic E-state index is 12.2. The van der Waals surface area contributed by atoms with E-state index in [4.69, 9.17) is 4.74 Å². The van der Waals surface area contributed by atoms with Crippen molar-refractivity contribution in [1.29, 1.82) is 0 Å². The number of rotatable bonds is 4. The summed E-state index contributed by atoms with van der Waals surface area (Å²) in [4.78, 5) is 20.5. The Labute approximate surface area is 153 Å². The molecule has 0 unspecified atom stereocenters. The van der Waals surface area contributed by atoms with Gasteiger partial charge in [0, 0.05) is 10.2 Å². The first-order valence-corrected chi connectivity index (χ1v) is 8.93. The van der Waals surface area contributed by atoms with Crippen LogP contribution in [0.1, 0.15) is 17.5 Å². The highest BCUT2D eigenvalue weighted by Gasteiger charge is 2.13. The fourth-order valence-electron chi connectivity index (χ4n) is 3.10. The van der Waals surface area contributed by atoms with Gasteiger partial charge in [0.1, 0.15) is 6.33 Å². The minimum absolute atomic E-state index is 0.101. The van der Waals surface area contributed by atoms with E-state index in [1.165, 1.54) is 23.9 Å². The predicted octanol–water partition coefficient (Wildman–Crippen LogP) is 3.90. The number of fused-ring (bicyclic) bond motifs is 2. The van der Waals surface area contributed by atoms with Crippen molar-refractivity contribution >= 4 is 38.4 Å². The van der Waals surface area contributed by atoms with Gasteiger partial charge in [0.15, 0.2) is 6.61 Å². The molecule has 0 saturated heterocycles. The molecule has 1 heterocycles. The van der Waals surface area contributed by atoms with Crippen molar-refractivity contribution in [3.8, 4) is 5.88 Å². The van der Waals surface area contributed by atoms with Crippen LogP contribution in [0.5, 0.6) is 5.88 Å². The minimum Gasteiger partial charge on any atom is -0.467 e. The molecule has 1 amide bonds. The van der Waals surface area contributed by atoms with E-state index >= 15 is 0 Å². The molecule has 0 saturated carbocycles. The number of nitrogens with zero attached hydrogens (tertiary/aromatic N) is 2. The molecule has 3 aromatic rings. The summed E-state index contributed by atoms with van der Waals surface area (Å²) in [5, 5.41) is 3.65. The third kappa shape index (κ3) is 3.49. The molecule has 4 rings (SSSR count). The second kappa shape index (κ2) is 6.80. The SMILES string of the molecule is O=C(COc1ncnc2ccc(Br)cc12)Nc1ccc2c(c1)CCC2. The lowest BCUT2D eigenvalue weighted by atomic mass is 10.1. The Bertz CT molecular complexity index is 959. The van der Waals surface area contributed by atoms with Gasteiger partial charge in [0.2, 0.25) is 5.88 Å². The monoisotopic (exact) mass is 397 g/mol. The zero-order valence-electron chi connectivity index (χ0n) is 13.5. The van der Waals surface area contributed by atoms with Gasteiger partial charge >= 0.3 is 0 Å². The Balaban J connectivity index is 1.45. The fraction of sp³-hybridized carbons (Fsp3) is 0.211. The number of hydrogen-bond donors (Lipinski definition) is 1. The summed E-state index contributed by atoms with van der Waals surface area (Å²) in [6.45, 7) is -0.101. The molecule has 1 aromatic heterocycles. The highest BCUT2D eigenvalue weighted by atomic mass is 79.9. The number of carbonyl (C=O) groups excluding carboxylic acids is 1. The van der Waals surface area contributed by atoms with E-state index in [-0.39, 0.29) is 12.5 Å². The summed E-state index contributed by atoms with van der Waals surface area (Å²) in [7, 11) is 0. The number of anilines is 1. The van der Waals surface area contributed by atoms with Crippen LogP contribution in [-0.4, -0.2) is 22.5 Å². The Kier molecular flexibility index (Phi) is 4.36. The fourth-order valence-corrected chi connectivity index (χ4v) is 3.46. The van der Waals surface area contributed by atoms with Crippen molar-refractivity contribution in [2.24, 2.45) is 0 Å². The van der Waals surface area contributed by atoms with E-state index in [2.05, 4.69) is 43.3 Å². The van der Waals surface area contributed by atoms with Gasteiger partial charge in [-0.05, 0) is 60.7 Å². The molecule has 5 nitrogen and oxygen atoms in total. The first-order valence-electron chi connectivity index (χ1n) is 8.14.